The molecule has 0 saturated heterocycles. The van der Waals surface area contributed by atoms with Crippen LogP contribution in [0.15, 0.2) is 42.5 Å². The Morgan fingerprint density at radius 2 is 1.81 bits per heavy atom. The highest BCUT2D eigenvalue weighted by atomic mass is 35.5. The summed E-state index contributed by atoms with van der Waals surface area (Å²) in [4.78, 5) is 11.7. The van der Waals surface area contributed by atoms with Crippen LogP contribution in [0.2, 0.25) is 5.02 Å². The Kier molecular flexibility index (Phi) is 4.23. The predicted molar refractivity (Wildman–Crippen MR) is 73.2 cm³/mol. The van der Waals surface area contributed by atoms with Gasteiger partial charge in [0.05, 0.1) is 23.3 Å². The molecule has 0 saturated carbocycles. The highest BCUT2D eigenvalue weighted by Gasteiger charge is 2.33. The van der Waals surface area contributed by atoms with E-state index in [0.29, 0.717) is 5.56 Å². The monoisotopic (exact) mass is 314 g/mol. The van der Waals surface area contributed by atoms with Gasteiger partial charge in [0.15, 0.2) is 0 Å². The maximum absolute atomic E-state index is 12.9. The van der Waals surface area contributed by atoms with Gasteiger partial charge in [0.25, 0.3) is 0 Å². The quantitative estimate of drug-likeness (QED) is 0.743. The second kappa shape index (κ2) is 5.77. The molecule has 110 valence electrons. The van der Waals surface area contributed by atoms with E-state index in [4.69, 9.17) is 11.6 Å². The number of rotatable bonds is 2. The second-order valence-corrected chi connectivity index (χ2v) is 4.64. The van der Waals surface area contributed by atoms with Crippen molar-refractivity contribution in [2.24, 2.45) is 0 Å². The first-order valence-corrected chi connectivity index (χ1v) is 6.27. The highest BCUT2D eigenvalue weighted by Crippen LogP contribution is 2.37. The maximum atomic E-state index is 12.9. The first-order chi connectivity index (χ1) is 9.84. The molecule has 6 heteroatoms. The summed E-state index contributed by atoms with van der Waals surface area (Å²) in [6.45, 7) is 0. The molecule has 0 fully saturated rings. The molecule has 21 heavy (non-hydrogen) atoms. The van der Waals surface area contributed by atoms with E-state index in [0.717, 1.165) is 12.1 Å². The van der Waals surface area contributed by atoms with Crippen LogP contribution in [0.3, 0.4) is 0 Å². The third-order valence-electron chi connectivity index (χ3n) is 2.92. The van der Waals surface area contributed by atoms with Gasteiger partial charge in [0, 0.05) is 0 Å². The molecule has 0 unspecified atom stereocenters. The molecule has 0 amide bonds. The van der Waals surface area contributed by atoms with Gasteiger partial charge in [0.1, 0.15) is 0 Å². The smallest absolute Gasteiger partial charge is 0.417 e. The highest BCUT2D eigenvalue weighted by molar-refractivity contribution is 6.31. The average Bonchev–Trinajstić information content (AvgIpc) is 2.46. The Morgan fingerprint density at radius 1 is 1.14 bits per heavy atom. The fourth-order valence-electron chi connectivity index (χ4n) is 1.93. The second-order valence-electron chi connectivity index (χ2n) is 4.23. The lowest BCUT2D eigenvalue weighted by Gasteiger charge is -2.13. The van der Waals surface area contributed by atoms with Gasteiger partial charge < -0.3 is 4.74 Å². The molecular formula is C15H10ClF3O2. The summed E-state index contributed by atoms with van der Waals surface area (Å²) >= 11 is 5.59. The summed E-state index contributed by atoms with van der Waals surface area (Å²) in [5.74, 6) is -0.617. The molecular weight excluding hydrogens is 305 g/mol. The van der Waals surface area contributed by atoms with Crippen molar-refractivity contribution in [3.8, 4) is 11.1 Å². The number of hydrogen-bond donors (Lipinski definition) is 0. The zero-order valence-corrected chi connectivity index (χ0v) is 11.6. The Hall–Kier alpha value is -2.01. The molecule has 2 nitrogen and oxygen atoms in total. The van der Waals surface area contributed by atoms with Crippen molar-refractivity contribution < 1.29 is 22.7 Å². The average molecular weight is 315 g/mol. The van der Waals surface area contributed by atoms with Gasteiger partial charge in [0.2, 0.25) is 0 Å². The lowest BCUT2D eigenvalue weighted by Crippen LogP contribution is -2.07. The lowest BCUT2D eigenvalue weighted by molar-refractivity contribution is -0.137. The van der Waals surface area contributed by atoms with E-state index in [9.17, 15) is 18.0 Å². The summed E-state index contributed by atoms with van der Waals surface area (Å²) < 4.78 is 43.3. The zero-order valence-electron chi connectivity index (χ0n) is 10.9. The SMILES string of the molecule is COC(=O)c1ccccc1-c1ccc(Cl)c(C(F)(F)F)c1. The van der Waals surface area contributed by atoms with E-state index in [1.54, 1.807) is 18.2 Å². The van der Waals surface area contributed by atoms with Crippen LogP contribution in [0.5, 0.6) is 0 Å². The van der Waals surface area contributed by atoms with Crippen molar-refractivity contribution in [3.05, 3.63) is 58.6 Å². The van der Waals surface area contributed by atoms with E-state index in [-0.39, 0.29) is 16.1 Å². The summed E-state index contributed by atoms with van der Waals surface area (Å²) in [5, 5.41) is -0.387. The van der Waals surface area contributed by atoms with E-state index >= 15 is 0 Å². The van der Waals surface area contributed by atoms with Crippen molar-refractivity contribution in [2.45, 2.75) is 6.18 Å². The fourth-order valence-corrected chi connectivity index (χ4v) is 2.16. The number of halogens is 4. The summed E-state index contributed by atoms with van der Waals surface area (Å²) in [6, 6.07) is 9.79. The van der Waals surface area contributed by atoms with Crippen molar-refractivity contribution in [3.63, 3.8) is 0 Å². The van der Waals surface area contributed by atoms with Crippen molar-refractivity contribution in [1.82, 2.24) is 0 Å². The minimum atomic E-state index is -4.56. The van der Waals surface area contributed by atoms with Crippen LogP contribution in [-0.2, 0) is 10.9 Å². The van der Waals surface area contributed by atoms with E-state index in [2.05, 4.69) is 4.74 Å². The molecule has 2 rings (SSSR count). The van der Waals surface area contributed by atoms with Gasteiger partial charge in [-0.25, -0.2) is 4.79 Å². The fraction of sp³-hybridized carbons (Fsp3) is 0.133. The van der Waals surface area contributed by atoms with Gasteiger partial charge in [-0.15, -0.1) is 0 Å². The third kappa shape index (κ3) is 3.19. The van der Waals surface area contributed by atoms with Crippen LogP contribution in [0.1, 0.15) is 15.9 Å². The largest absolute Gasteiger partial charge is 0.465 e. The zero-order chi connectivity index (χ0) is 15.6. The van der Waals surface area contributed by atoms with E-state index < -0.39 is 17.7 Å². The Balaban J connectivity index is 2.61. The minimum absolute atomic E-state index is 0.190. The molecule has 0 N–H and O–H groups in total. The molecule has 0 spiro atoms. The molecule has 0 aliphatic heterocycles. The predicted octanol–water partition coefficient (Wildman–Crippen LogP) is 4.81. The molecule has 0 bridgehead atoms. The number of alkyl halides is 3. The molecule has 2 aromatic carbocycles. The Morgan fingerprint density at radius 3 is 2.43 bits per heavy atom. The molecule has 0 heterocycles. The first kappa shape index (κ1) is 15.4. The Bertz CT molecular complexity index is 681. The summed E-state index contributed by atoms with van der Waals surface area (Å²) in [7, 11) is 1.21. The number of esters is 1. The molecule has 0 aromatic heterocycles. The molecule has 0 aliphatic rings. The standard InChI is InChI=1S/C15H10ClF3O2/c1-21-14(20)11-5-3-2-4-10(11)9-6-7-13(16)12(8-9)15(17,18)19/h2-8H,1H3. The Labute approximate surface area is 124 Å². The normalized spacial score (nSPS) is 11.3. The van der Waals surface area contributed by atoms with Gasteiger partial charge in [-0.05, 0) is 29.3 Å². The van der Waals surface area contributed by atoms with Crippen LogP contribution >= 0.6 is 11.6 Å². The number of ether oxygens (including phenoxy) is 1. The lowest BCUT2D eigenvalue weighted by atomic mass is 9.98. The number of carbonyl (C=O) groups is 1. The molecule has 2 aromatic rings. The first-order valence-electron chi connectivity index (χ1n) is 5.89. The molecule has 0 atom stereocenters. The van der Waals surface area contributed by atoms with Crippen LogP contribution in [0.4, 0.5) is 13.2 Å². The van der Waals surface area contributed by atoms with Gasteiger partial charge in [-0.1, -0.05) is 35.9 Å². The number of carbonyl (C=O) groups excluding carboxylic acids is 1. The van der Waals surface area contributed by atoms with Crippen LogP contribution in [-0.4, -0.2) is 13.1 Å². The third-order valence-corrected chi connectivity index (χ3v) is 3.24. The van der Waals surface area contributed by atoms with Gasteiger partial charge in [-0.2, -0.15) is 13.2 Å². The van der Waals surface area contributed by atoms with Crippen LogP contribution in [0.25, 0.3) is 11.1 Å². The summed E-state index contributed by atoms with van der Waals surface area (Å²) in [6.07, 6.45) is -4.56. The molecule has 0 radical (unpaired) electrons. The number of hydrogen-bond acceptors (Lipinski definition) is 2. The number of benzene rings is 2. The van der Waals surface area contributed by atoms with Crippen molar-refractivity contribution in [2.75, 3.05) is 7.11 Å². The topological polar surface area (TPSA) is 26.3 Å². The summed E-state index contributed by atoms with van der Waals surface area (Å²) in [5.41, 5.74) is -0.156. The minimum Gasteiger partial charge on any atom is -0.465 e. The van der Waals surface area contributed by atoms with Crippen LogP contribution in [0, 0.1) is 0 Å². The van der Waals surface area contributed by atoms with Crippen LogP contribution < -0.4 is 0 Å². The molecule has 0 aliphatic carbocycles. The van der Waals surface area contributed by atoms with E-state index in [1.807, 2.05) is 0 Å². The van der Waals surface area contributed by atoms with Gasteiger partial charge >= 0.3 is 12.1 Å². The van der Waals surface area contributed by atoms with Crippen molar-refractivity contribution >= 4 is 17.6 Å². The number of methoxy groups -OCH3 is 1. The van der Waals surface area contributed by atoms with Gasteiger partial charge in [-0.3, -0.25) is 0 Å². The van der Waals surface area contributed by atoms with Crippen molar-refractivity contribution in [1.29, 1.82) is 0 Å². The maximum Gasteiger partial charge on any atom is 0.417 e. The van der Waals surface area contributed by atoms with E-state index in [1.165, 1.54) is 19.2 Å².